The number of nitrogens with zero attached hydrogens (tertiary/aromatic N) is 5. The molecule has 2 aromatic heterocycles. The van der Waals surface area contributed by atoms with Crippen molar-refractivity contribution in [3.63, 3.8) is 0 Å². The molecule has 8 heteroatoms. The summed E-state index contributed by atoms with van der Waals surface area (Å²) in [5.41, 5.74) is 3.77. The smallest absolute Gasteiger partial charge is 0.224 e. The second-order valence-electron chi connectivity index (χ2n) is 5.30. The highest BCUT2D eigenvalue weighted by molar-refractivity contribution is 6.28. The molecule has 2 N–H and O–H groups in total. The maximum atomic E-state index is 8.94. The molecule has 0 radical (unpaired) electrons. The summed E-state index contributed by atoms with van der Waals surface area (Å²) in [5, 5.41) is 23.8. The first-order chi connectivity index (χ1) is 12.1. The standard InChI is InChI=1S/C17H14ClN7/c1-11-6-14(8-20)24-25(11)15-4-2-12(3-5-15)9-21-16-13(7-19)10-22-17(18)23-16/h2-7,10,19H,9H2,1H3,(H,21,22,23). The third-order valence-corrected chi connectivity index (χ3v) is 3.77. The van der Waals surface area contributed by atoms with E-state index in [1.54, 1.807) is 10.7 Å². The van der Waals surface area contributed by atoms with E-state index >= 15 is 0 Å². The fourth-order valence-corrected chi connectivity index (χ4v) is 2.48. The van der Waals surface area contributed by atoms with Crippen molar-refractivity contribution in [3.05, 3.63) is 64.3 Å². The molecule has 0 spiro atoms. The Labute approximate surface area is 149 Å². The minimum Gasteiger partial charge on any atom is -0.365 e. The van der Waals surface area contributed by atoms with Gasteiger partial charge in [-0.25, -0.2) is 14.6 Å². The van der Waals surface area contributed by atoms with Gasteiger partial charge in [0.2, 0.25) is 5.28 Å². The Kier molecular flexibility index (Phi) is 4.73. The van der Waals surface area contributed by atoms with E-state index in [0.717, 1.165) is 16.9 Å². The first kappa shape index (κ1) is 16.6. The third kappa shape index (κ3) is 3.65. The van der Waals surface area contributed by atoms with Crippen molar-refractivity contribution < 1.29 is 0 Å². The molecule has 0 aliphatic heterocycles. The lowest BCUT2D eigenvalue weighted by molar-refractivity contribution is 0.840. The second-order valence-corrected chi connectivity index (χ2v) is 5.64. The number of aromatic nitrogens is 4. The van der Waals surface area contributed by atoms with Crippen LogP contribution >= 0.6 is 11.6 Å². The van der Waals surface area contributed by atoms with E-state index in [-0.39, 0.29) is 5.28 Å². The van der Waals surface area contributed by atoms with E-state index in [0.29, 0.717) is 23.6 Å². The maximum Gasteiger partial charge on any atom is 0.224 e. The average Bonchev–Trinajstić information content (AvgIpc) is 3.01. The lowest BCUT2D eigenvalue weighted by atomic mass is 10.2. The van der Waals surface area contributed by atoms with E-state index in [4.69, 9.17) is 22.3 Å². The van der Waals surface area contributed by atoms with E-state index in [1.807, 2.05) is 37.3 Å². The van der Waals surface area contributed by atoms with Gasteiger partial charge in [0, 0.05) is 24.7 Å². The SMILES string of the molecule is Cc1cc(C#N)nn1-c1ccc(CNc2nc(Cl)ncc2C=N)cc1. The van der Waals surface area contributed by atoms with Crippen LogP contribution in [0.5, 0.6) is 0 Å². The predicted molar refractivity (Wildman–Crippen MR) is 95.3 cm³/mol. The molecular weight excluding hydrogens is 338 g/mol. The molecule has 0 saturated heterocycles. The Morgan fingerprint density at radius 3 is 2.76 bits per heavy atom. The minimum absolute atomic E-state index is 0.130. The van der Waals surface area contributed by atoms with Crippen LogP contribution in [0.2, 0.25) is 5.28 Å². The quantitative estimate of drug-likeness (QED) is 0.543. The number of nitrogens with one attached hydrogen (secondary N) is 2. The molecule has 0 aliphatic rings. The number of benzene rings is 1. The van der Waals surface area contributed by atoms with Crippen molar-refractivity contribution >= 4 is 23.6 Å². The molecule has 0 saturated carbocycles. The van der Waals surface area contributed by atoms with Gasteiger partial charge < -0.3 is 10.7 Å². The van der Waals surface area contributed by atoms with Gasteiger partial charge in [-0.2, -0.15) is 10.4 Å². The largest absolute Gasteiger partial charge is 0.365 e. The van der Waals surface area contributed by atoms with Crippen LogP contribution in [0.3, 0.4) is 0 Å². The molecule has 124 valence electrons. The summed E-state index contributed by atoms with van der Waals surface area (Å²) >= 11 is 5.80. The number of anilines is 1. The van der Waals surface area contributed by atoms with E-state index in [9.17, 15) is 0 Å². The maximum absolute atomic E-state index is 8.94. The molecule has 0 unspecified atom stereocenters. The average molecular weight is 352 g/mol. The molecule has 2 heterocycles. The Bertz CT molecular complexity index is 954. The highest BCUT2D eigenvalue weighted by Gasteiger charge is 2.07. The number of aryl methyl sites for hydroxylation is 1. The normalized spacial score (nSPS) is 10.3. The molecule has 0 fully saturated rings. The van der Waals surface area contributed by atoms with Crippen molar-refractivity contribution in [2.75, 3.05) is 5.32 Å². The lowest BCUT2D eigenvalue weighted by Gasteiger charge is -2.09. The van der Waals surface area contributed by atoms with Gasteiger partial charge in [-0.15, -0.1) is 0 Å². The van der Waals surface area contributed by atoms with Crippen LogP contribution in [-0.2, 0) is 6.54 Å². The summed E-state index contributed by atoms with van der Waals surface area (Å²) in [6, 6.07) is 11.6. The topological polar surface area (TPSA) is 103 Å². The summed E-state index contributed by atoms with van der Waals surface area (Å²) in [4.78, 5) is 7.95. The van der Waals surface area contributed by atoms with Crippen LogP contribution in [-0.4, -0.2) is 26.0 Å². The van der Waals surface area contributed by atoms with Crippen LogP contribution in [0.15, 0.2) is 36.5 Å². The molecule has 3 aromatic rings. The Morgan fingerprint density at radius 2 is 2.12 bits per heavy atom. The highest BCUT2D eigenvalue weighted by Crippen LogP contribution is 2.16. The van der Waals surface area contributed by atoms with Crippen LogP contribution in [0.25, 0.3) is 5.69 Å². The molecule has 0 aliphatic carbocycles. The van der Waals surface area contributed by atoms with Crippen LogP contribution in [0, 0.1) is 23.7 Å². The Morgan fingerprint density at radius 1 is 1.36 bits per heavy atom. The van der Waals surface area contributed by atoms with Gasteiger partial charge in [0.25, 0.3) is 0 Å². The van der Waals surface area contributed by atoms with E-state index in [2.05, 4.69) is 20.4 Å². The molecular formula is C17H14ClN7. The van der Waals surface area contributed by atoms with Gasteiger partial charge >= 0.3 is 0 Å². The number of hydrogen-bond acceptors (Lipinski definition) is 6. The number of hydrogen-bond donors (Lipinski definition) is 2. The number of nitriles is 1. The van der Waals surface area contributed by atoms with E-state index < -0.39 is 0 Å². The van der Waals surface area contributed by atoms with Crippen LogP contribution in [0.4, 0.5) is 5.82 Å². The van der Waals surface area contributed by atoms with Crippen LogP contribution in [0.1, 0.15) is 22.5 Å². The van der Waals surface area contributed by atoms with Crippen molar-refractivity contribution in [1.82, 2.24) is 19.7 Å². The van der Waals surface area contributed by atoms with Crippen molar-refractivity contribution in [1.29, 1.82) is 10.7 Å². The van der Waals surface area contributed by atoms with Gasteiger partial charge in [-0.1, -0.05) is 12.1 Å². The zero-order valence-corrected chi connectivity index (χ0v) is 14.1. The molecule has 25 heavy (non-hydrogen) atoms. The minimum atomic E-state index is 0.130. The monoisotopic (exact) mass is 351 g/mol. The fraction of sp³-hybridized carbons (Fsp3) is 0.118. The van der Waals surface area contributed by atoms with Gasteiger partial charge in [0.05, 0.1) is 11.3 Å². The molecule has 3 rings (SSSR count). The fourth-order valence-electron chi connectivity index (χ4n) is 2.35. The highest BCUT2D eigenvalue weighted by atomic mass is 35.5. The summed E-state index contributed by atoms with van der Waals surface area (Å²) in [5.74, 6) is 0.514. The molecule has 0 amide bonds. The van der Waals surface area contributed by atoms with E-state index in [1.165, 1.54) is 12.4 Å². The predicted octanol–water partition coefficient (Wildman–Crippen LogP) is 3.11. The van der Waals surface area contributed by atoms with Gasteiger partial charge in [0.1, 0.15) is 11.9 Å². The number of halogens is 1. The van der Waals surface area contributed by atoms with Crippen LogP contribution < -0.4 is 5.32 Å². The number of rotatable bonds is 5. The van der Waals surface area contributed by atoms with Crippen molar-refractivity contribution in [2.45, 2.75) is 13.5 Å². The second kappa shape index (κ2) is 7.11. The van der Waals surface area contributed by atoms with Gasteiger partial charge in [-0.05, 0) is 42.3 Å². The third-order valence-electron chi connectivity index (χ3n) is 3.59. The summed E-state index contributed by atoms with van der Waals surface area (Å²) in [6.45, 7) is 2.43. The van der Waals surface area contributed by atoms with Crippen molar-refractivity contribution in [3.8, 4) is 11.8 Å². The molecule has 0 atom stereocenters. The Balaban J connectivity index is 1.75. The van der Waals surface area contributed by atoms with Gasteiger partial charge in [0.15, 0.2) is 5.69 Å². The molecule has 0 bridgehead atoms. The van der Waals surface area contributed by atoms with Crippen molar-refractivity contribution in [2.24, 2.45) is 0 Å². The zero-order chi connectivity index (χ0) is 17.8. The summed E-state index contributed by atoms with van der Waals surface area (Å²) < 4.78 is 1.73. The zero-order valence-electron chi connectivity index (χ0n) is 13.4. The first-order valence-electron chi connectivity index (χ1n) is 7.43. The Hall–Kier alpha value is -3.24. The summed E-state index contributed by atoms with van der Waals surface area (Å²) in [7, 11) is 0. The van der Waals surface area contributed by atoms with Gasteiger partial charge in [-0.3, -0.25) is 0 Å². The summed E-state index contributed by atoms with van der Waals surface area (Å²) in [6.07, 6.45) is 2.68. The first-order valence-corrected chi connectivity index (χ1v) is 7.81. The lowest BCUT2D eigenvalue weighted by Crippen LogP contribution is -2.06. The molecule has 1 aromatic carbocycles. The molecule has 7 nitrogen and oxygen atoms in total.